The fourth-order valence-electron chi connectivity index (χ4n) is 2.33. The molecule has 0 aromatic carbocycles. The van der Waals surface area contributed by atoms with Crippen LogP contribution < -0.4 is 5.32 Å². The number of ether oxygens (including phenoxy) is 1. The van der Waals surface area contributed by atoms with Crippen LogP contribution in [0.1, 0.15) is 28.6 Å². The van der Waals surface area contributed by atoms with E-state index < -0.39 is 0 Å². The summed E-state index contributed by atoms with van der Waals surface area (Å²) in [5, 5.41) is 7.09. The van der Waals surface area contributed by atoms with Gasteiger partial charge >= 0.3 is 0 Å². The Bertz CT molecular complexity index is 604. The molecule has 7 heteroatoms. The quantitative estimate of drug-likeness (QED) is 0.891. The summed E-state index contributed by atoms with van der Waals surface area (Å²) >= 11 is 0. The molecule has 0 saturated heterocycles. The Kier molecular flexibility index (Phi) is 3.51. The van der Waals surface area contributed by atoms with Gasteiger partial charge in [-0.1, -0.05) is 0 Å². The van der Waals surface area contributed by atoms with Crippen molar-refractivity contribution in [3.8, 4) is 0 Å². The van der Waals surface area contributed by atoms with Gasteiger partial charge in [0.15, 0.2) is 5.76 Å². The second kappa shape index (κ2) is 5.46. The Morgan fingerprint density at radius 1 is 1.60 bits per heavy atom. The van der Waals surface area contributed by atoms with Gasteiger partial charge in [-0.25, -0.2) is 9.67 Å². The van der Waals surface area contributed by atoms with E-state index in [1.54, 1.807) is 25.6 Å². The van der Waals surface area contributed by atoms with Crippen LogP contribution in [0, 0.1) is 0 Å². The van der Waals surface area contributed by atoms with Crippen molar-refractivity contribution < 1.29 is 13.9 Å². The van der Waals surface area contributed by atoms with E-state index in [2.05, 4.69) is 15.4 Å². The summed E-state index contributed by atoms with van der Waals surface area (Å²) in [5.74, 6) is 1.71. The number of nitrogens with zero attached hydrogens (tertiary/aromatic N) is 3. The molecule has 0 bridgehead atoms. The number of fused-ring (bicyclic) bond motifs is 1. The fourth-order valence-corrected chi connectivity index (χ4v) is 2.33. The average Bonchev–Trinajstić information content (AvgIpc) is 3.07. The lowest BCUT2D eigenvalue weighted by atomic mass is 10.1. The fraction of sp³-hybridized carbons (Fsp3) is 0.462. The number of hydrogen-bond acceptors (Lipinski definition) is 5. The molecule has 1 amide bonds. The Labute approximate surface area is 115 Å². The third kappa shape index (κ3) is 2.57. The molecule has 0 fully saturated rings. The number of furan rings is 1. The van der Waals surface area contributed by atoms with Crippen molar-refractivity contribution in [3.63, 3.8) is 0 Å². The molecule has 0 aliphatic carbocycles. The van der Waals surface area contributed by atoms with Gasteiger partial charge in [0.2, 0.25) is 0 Å². The van der Waals surface area contributed by atoms with E-state index >= 15 is 0 Å². The average molecular weight is 276 g/mol. The number of carbonyl (C=O) groups is 1. The van der Waals surface area contributed by atoms with Crippen molar-refractivity contribution >= 4 is 5.91 Å². The van der Waals surface area contributed by atoms with Crippen molar-refractivity contribution in [1.82, 2.24) is 20.1 Å². The first-order valence-corrected chi connectivity index (χ1v) is 6.51. The second-order valence-corrected chi connectivity index (χ2v) is 4.77. The molecule has 2 aromatic heterocycles. The SMILES string of the molecule is COCc1ccc(C(=O)NC2CCc3ncnn3C2)o1. The maximum absolute atomic E-state index is 12.1. The van der Waals surface area contributed by atoms with Crippen LogP contribution >= 0.6 is 0 Å². The lowest BCUT2D eigenvalue weighted by molar-refractivity contribution is 0.0889. The molecule has 0 saturated carbocycles. The molecule has 1 unspecified atom stereocenters. The third-order valence-corrected chi connectivity index (χ3v) is 3.31. The van der Waals surface area contributed by atoms with Crippen LogP contribution in [0.3, 0.4) is 0 Å². The van der Waals surface area contributed by atoms with Gasteiger partial charge in [-0.3, -0.25) is 4.79 Å². The molecule has 2 aromatic rings. The molecule has 0 spiro atoms. The van der Waals surface area contributed by atoms with Gasteiger partial charge in [0, 0.05) is 19.6 Å². The normalized spacial score (nSPS) is 17.8. The highest BCUT2D eigenvalue weighted by Gasteiger charge is 2.22. The third-order valence-electron chi connectivity index (χ3n) is 3.31. The van der Waals surface area contributed by atoms with Gasteiger partial charge in [-0.05, 0) is 18.6 Å². The summed E-state index contributed by atoms with van der Waals surface area (Å²) in [6.45, 7) is 1.01. The minimum absolute atomic E-state index is 0.0488. The van der Waals surface area contributed by atoms with Crippen LogP contribution in [0.2, 0.25) is 0 Å². The standard InChI is InChI=1S/C13H16N4O3/c1-19-7-10-3-4-11(20-10)13(18)16-9-2-5-12-14-8-15-17(12)6-9/h3-4,8-9H,2,5-7H2,1H3,(H,16,18). The van der Waals surface area contributed by atoms with Crippen molar-refractivity contribution in [2.24, 2.45) is 0 Å². The smallest absolute Gasteiger partial charge is 0.287 e. The lowest BCUT2D eigenvalue weighted by Gasteiger charge is -2.23. The minimum Gasteiger partial charge on any atom is -0.453 e. The molecule has 3 heterocycles. The predicted molar refractivity (Wildman–Crippen MR) is 69.0 cm³/mol. The Balaban J connectivity index is 1.61. The molecule has 7 nitrogen and oxygen atoms in total. The topological polar surface area (TPSA) is 82.2 Å². The molecule has 1 aliphatic rings. The first-order valence-electron chi connectivity index (χ1n) is 6.51. The monoisotopic (exact) mass is 276 g/mol. The molecule has 1 atom stereocenters. The zero-order chi connectivity index (χ0) is 13.9. The van der Waals surface area contributed by atoms with E-state index in [1.165, 1.54) is 0 Å². The largest absolute Gasteiger partial charge is 0.453 e. The Hall–Kier alpha value is -2.15. The van der Waals surface area contributed by atoms with Crippen LogP contribution in [-0.4, -0.2) is 33.8 Å². The molecule has 1 N–H and O–H groups in total. The maximum Gasteiger partial charge on any atom is 0.287 e. The van der Waals surface area contributed by atoms with Crippen LogP contribution in [0.25, 0.3) is 0 Å². The number of amides is 1. The van der Waals surface area contributed by atoms with Crippen molar-refractivity contribution in [2.75, 3.05) is 7.11 Å². The summed E-state index contributed by atoms with van der Waals surface area (Å²) in [6, 6.07) is 3.45. The van der Waals surface area contributed by atoms with Crippen molar-refractivity contribution in [3.05, 3.63) is 35.8 Å². The van der Waals surface area contributed by atoms with Crippen molar-refractivity contribution in [2.45, 2.75) is 32.0 Å². The van der Waals surface area contributed by atoms with Crippen molar-refractivity contribution in [1.29, 1.82) is 0 Å². The van der Waals surface area contributed by atoms with Gasteiger partial charge in [-0.2, -0.15) is 5.10 Å². The number of aryl methyl sites for hydroxylation is 1. The molecule has 1 aliphatic heterocycles. The number of aromatic nitrogens is 3. The van der Waals surface area contributed by atoms with E-state index in [-0.39, 0.29) is 11.9 Å². The van der Waals surface area contributed by atoms with Gasteiger partial charge < -0.3 is 14.5 Å². The molecule has 0 radical (unpaired) electrons. The lowest BCUT2D eigenvalue weighted by Crippen LogP contribution is -2.41. The van der Waals surface area contributed by atoms with Gasteiger partial charge in [0.05, 0.1) is 6.54 Å². The van der Waals surface area contributed by atoms with E-state index in [0.717, 1.165) is 18.7 Å². The van der Waals surface area contributed by atoms with Crippen LogP contribution in [0.5, 0.6) is 0 Å². The summed E-state index contributed by atoms with van der Waals surface area (Å²) in [4.78, 5) is 16.2. The van der Waals surface area contributed by atoms with Crippen LogP contribution in [-0.2, 0) is 24.3 Å². The summed E-state index contributed by atoms with van der Waals surface area (Å²) < 4.78 is 12.2. The Morgan fingerprint density at radius 3 is 3.35 bits per heavy atom. The molecule has 20 heavy (non-hydrogen) atoms. The molecular weight excluding hydrogens is 260 g/mol. The van der Waals surface area contributed by atoms with Gasteiger partial charge in [0.25, 0.3) is 5.91 Å². The first kappa shape index (κ1) is 12.9. The van der Waals surface area contributed by atoms with E-state index in [9.17, 15) is 4.79 Å². The molecule has 106 valence electrons. The van der Waals surface area contributed by atoms with Crippen LogP contribution in [0.15, 0.2) is 22.9 Å². The van der Waals surface area contributed by atoms with E-state index in [4.69, 9.17) is 9.15 Å². The molecular formula is C13H16N4O3. The number of methoxy groups -OCH3 is 1. The van der Waals surface area contributed by atoms with E-state index in [1.807, 2.05) is 4.68 Å². The highest BCUT2D eigenvalue weighted by Crippen LogP contribution is 2.13. The zero-order valence-electron chi connectivity index (χ0n) is 11.2. The molecule has 3 rings (SSSR count). The minimum atomic E-state index is -0.207. The number of nitrogens with one attached hydrogen (secondary N) is 1. The first-order chi connectivity index (χ1) is 9.76. The second-order valence-electron chi connectivity index (χ2n) is 4.77. The summed E-state index contributed by atoms with van der Waals surface area (Å²) in [5.41, 5.74) is 0. The highest BCUT2D eigenvalue weighted by molar-refractivity contribution is 5.91. The number of hydrogen-bond donors (Lipinski definition) is 1. The van der Waals surface area contributed by atoms with E-state index in [0.29, 0.717) is 24.7 Å². The summed E-state index contributed by atoms with van der Waals surface area (Å²) in [6.07, 6.45) is 3.22. The summed E-state index contributed by atoms with van der Waals surface area (Å²) in [7, 11) is 1.58. The van der Waals surface area contributed by atoms with Gasteiger partial charge in [0.1, 0.15) is 24.5 Å². The Morgan fingerprint density at radius 2 is 2.50 bits per heavy atom. The predicted octanol–water partition coefficient (Wildman–Crippen LogP) is 0.762. The van der Waals surface area contributed by atoms with Gasteiger partial charge in [-0.15, -0.1) is 0 Å². The number of carbonyl (C=O) groups excluding carboxylic acids is 1. The number of rotatable bonds is 4. The van der Waals surface area contributed by atoms with Crippen LogP contribution in [0.4, 0.5) is 0 Å². The highest BCUT2D eigenvalue weighted by atomic mass is 16.5. The zero-order valence-corrected chi connectivity index (χ0v) is 11.2. The maximum atomic E-state index is 12.1.